The van der Waals surface area contributed by atoms with Gasteiger partial charge in [0.2, 0.25) is 0 Å². The highest BCUT2D eigenvalue weighted by Crippen LogP contribution is 2.52. The maximum atomic E-state index is 6.49. The lowest BCUT2D eigenvalue weighted by molar-refractivity contribution is -0.0716. The van der Waals surface area contributed by atoms with Gasteiger partial charge in [0.05, 0.1) is 0 Å². The van der Waals surface area contributed by atoms with E-state index in [1.54, 1.807) is 0 Å². The van der Waals surface area contributed by atoms with Crippen LogP contribution in [0.1, 0.15) is 50.5 Å². The molecule has 0 saturated heterocycles. The van der Waals surface area contributed by atoms with Crippen molar-refractivity contribution in [3.05, 3.63) is 22.7 Å². The Morgan fingerprint density at radius 3 is 2.20 bits per heavy atom. The molecule has 2 aliphatic carbocycles. The van der Waals surface area contributed by atoms with Crippen LogP contribution in [0.4, 0.5) is 0 Å². The van der Waals surface area contributed by atoms with Crippen molar-refractivity contribution >= 4 is 11.6 Å². The third kappa shape index (κ3) is 1.69. The molecule has 0 atom stereocenters. The van der Waals surface area contributed by atoms with Gasteiger partial charge in [-0.15, -0.1) is 0 Å². The fraction of sp³-hybridized carbons (Fsp3) is 0.625. The van der Waals surface area contributed by atoms with E-state index < -0.39 is 5.79 Å². The summed E-state index contributed by atoms with van der Waals surface area (Å²) in [7, 11) is 0. The summed E-state index contributed by atoms with van der Waals surface area (Å²) >= 11 is 6.49. The Balaban J connectivity index is 1.72. The molecule has 2 fully saturated rings. The molecule has 2 N–H and O–H groups in total. The van der Waals surface area contributed by atoms with Crippen molar-refractivity contribution in [3.8, 4) is 11.5 Å². The van der Waals surface area contributed by atoms with Crippen molar-refractivity contribution in [1.29, 1.82) is 0 Å². The number of hydrogen-bond acceptors (Lipinski definition) is 3. The van der Waals surface area contributed by atoms with Gasteiger partial charge < -0.3 is 15.2 Å². The van der Waals surface area contributed by atoms with Crippen LogP contribution in [0.3, 0.4) is 0 Å². The minimum atomic E-state index is -0.417. The highest BCUT2D eigenvalue weighted by molar-refractivity contribution is 6.31. The molecule has 1 aliphatic heterocycles. The summed E-state index contributed by atoms with van der Waals surface area (Å²) in [5.74, 6) is 1.23. The van der Waals surface area contributed by atoms with Gasteiger partial charge in [-0.1, -0.05) is 18.0 Å². The monoisotopic (exact) mass is 293 g/mol. The number of benzene rings is 1. The van der Waals surface area contributed by atoms with E-state index in [1.165, 1.54) is 19.3 Å². The fourth-order valence-electron chi connectivity index (χ4n) is 3.83. The Labute approximate surface area is 124 Å². The Morgan fingerprint density at radius 2 is 1.65 bits per heavy atom. The van der Waals surface area contributed by atoms with Crippen LogP contribution in [-0.4, -0.2) is 12.3 Å². The molecular weight excluding hydrogens is 274 g/mol. The Bertz CT molecular complexity index is 542. The average molecular weight is 294 g/mol. The molecule has 0 bridgehead atoms. The van der Waals surface area contributed by atoms with E-state index in [-0.39, 0.29) is 5.41 Å². The first-order chi connectivity index (χ1) is 9.66. The van der Waals surface area contributed by atoms with Crippen molar-refractivity contribution in [1.82, 2.24) is 0 Å². The maximum absolute atomic E-state index is 6.49. The van der Waals surface area contributed by atoms with Gasteiger partial charge in [-0.05, 0) is 37.3 Å². The summed E-state index contributed by atoms with van der Waals surface area (Å²) in [4.78, 5) is 0. The van der Waals surface area contributed by atoms with Crippen LogP contribution >= 0.6 is 11.6 Å². The molecule has 3 nitrogen and oxygen atoms in total. The zero-order valence-electron chi connectivity index (χ0n) is 11.6. The van der Waals surface area contributed by atoms with Crippen molar-refractivity contribution in [3.63, 3.8) is 0 Å². The number of hydrogen-bond donors (Lipinski definition) is 1. The Morgan fingerprint density at radius 1 is 1.00 bits per heavy atom. The SMILES string of the molecule is NCC1(c2cc3c(cc2Cl)OC2(CCCC2)O3)CCC1. The van der Waals surface area contributed by atoms with E-state index in [1.807, 2.05) is 6.07 Å². The highest BCUT2D eigenvalue weighted by atomic mass is 35.5. The molecule has 0 radical (unpaired) electrons. The average Bonchev–Trinajstić information content (AvgIpc) is 2.96. The standard InChI is InChI=1S/C16H20ClNO2/c17-12-9-14-13(19-16(20-14)6-1-2-7-16)8-11(12)15(10-18)4-3-5-15/h8-9H,1-7,10,18H2. The maximum Gasteiger partial charge on any atom is 0.251 e. The van der Waals surface area contributed by atoms with E-state index in [9.17, 15) is 0 Å². The smallest absolute Gasteiger partial charge is 0.251 e. The lowest BCUT2D eigenvalue weighted by atomic mass is 9.64. The van der Waals surface area contributed by atoms with Crippen LogP contribution in [-0.2, 0) is 5.41 Å². The molecule has 1 aromatic rings. The van der Waals surface area contributed by atoms with Gasteiger partial charge in [0, 0.05) is 35.9 Å². The number of ether oxygens (including phenoxy) is 2. The minimum Gasteiger partial charge on any atom is -0.448 e. The topological polar surface area (TPSA) is 44.5 Å². The lowest BCUT2D eigenvalue weighted by Crippen LogP contribution is -2.41. The van der Waals surface area contributed by atoms with Gasteiger partial charge >= 0.3 is 0 Å². The minimum absolute atomic E-state index is 0.0565. The number of nitrogens with two attached hydrogens (primary N) is 1. The lowest BCUT2D eigenvalue weighted by Gasteiger charge is -2.42. The molecule has 0 aromatic heterocycles. The van der Waals surface area contributed by atoms with Crippen LogP contribution in [0.2, 0.25) is 5.02 Å². The molecule has 3 aliphatic rings. The van der Waals surface area contributed by atoms with E-state index in [0.29, 0.717) is 6.54 Å². The second kappa shape index (κ2) is 4.28. The largest absolute Gasteiger partial charge is 0.448 e. The number of halogens is 1. The van der Waals surface area contributed by atoms with Crippen molar-refractivity contribution in [2.24, 2.45) is 5.73 Å². The van der Waals surface area contributed by atoms with Crippen molar-refractivity contribution < 1.29 is 9.47 Å². The molecule has 108 valence electrons. The first-order valence-corrected chi connectivity index (χ1v) is 7.96. The summed E-state index contributed by atoms with van der Waals surface area (Å²) in [6.45, 7) is 0.650. The van der Waals surface area contributed by atoms with E-state index in [0.717, 1.165) is 47.8 Å². The Hall–Kier alpha value is -0.930. The molecule has 4 rings (SSSR count). The first-order valence-electron chi connectivity index (χ1n) is 7.59. The highest BCUT2D eigenvalue weighted by Gasteiger charge is 2.46. The summed E-state index contributed by atoms with van der Waals surface area (Å²) in [5.41, 5.74) is 7.20. The molecule has 4 heteroatoms. The van der Waals surface area contributed by atoms with Gasteiger partial charge in [0.15, 0.2) is 11.5 Å². The fourth-order valence-corrected chi connectivity index (χ4v) is 4.18. The van der Waals surface area contributed by atoms with Crippen LogP contribution in [0.15, 0.2) is 12.1 Å². The van der Waals surface area contributed by atoms with Gasteiger partial charge in [0.1, 0.15) is 0 Å². The third-order valence-corrected chi connectivity index (χ3v) is 5.58. The van der Waals surface area contributed by atoms with Gasteiger partial charge in [-0.2, -0.15) is 0 Å². The van der Waals surface area contributed by atoms with E-state index in [2.05, 4.69) is 6.07 Å². The molecule has 2 saturated carbocycles. The summed E-state index contributed by atoms with van der Waals surface area (Å²) in [6, 6.07) is 4.01. The van der Waals surface area contributed by atoms with Crippen LogP contribution in [0, 0.1) is 0 Å². The molecule has 0 amide bonds. The van der Waals surface area contributed by atoms with Crippen molar-refractivity contribution in [2.45, 2.75) is 56.1 Å². The van der Waals surface area contributed by atoms with Crippen molar-refractivity contribution in [2.75, 3.05) is 6.54 Å². The summed E-state index contributed by atoms with van der Waals surface area (Å²) < 4.78 is 12.2. The predicted molar refractivity (Wildman–Crippen MR) is 78.5 cm³/mol. The third-order valence-electron chi connectivity index (χ3n) is 5.26. The van der Waals surface area contributed by atoms with Crippen LogP contribution < -0.4 is 15.2 Å². The number of rotatable bonds is 2. The zero-order chi connectivity index (χ0) is 13.8. The van der Waals surface area contributed by atoms with Gasteiger partial charge in [-0.3, -0.25) is 0 Å². The molecule has 1 heterocycles. The normalized spacial score (nSPS) is 24.9. The molecule has 20 heavy (non-hydrogen) atoms. The second-order valence-corrected chi connectivity index (χ2v) is 6.85. The predicted octanol–water partition coefficient (Wildman–Crippen LogP) is 3.76. The molecule has 1 aromatic carbocycles. The Kier molecular flexibility index (Phi) is 2.74. The number of fused-ring (bicyclic) bond motifs is 1. The first kappa shape index (κ1) is 12.8. The van der Waals surface area contributed by atoms with E-state index >= 15 is 0 Å². The van der Waals surface area contributed by atoms with Gasteiger partial charge in [0.25, 0.3) is 5.79 Å². The molecular formula is C16H20ClNO2. The molecule has 0 unspecified atom stereocenters. The van der Waals surface area contributed by atoms with Crippen LogP contribution in [0.25, 0.3) is 0 Å². The van der Waals surface area contributed by atoms with Crippen LogP contribution in [0.5, 0.6) is 11.5 Å². The van der Waals surface area contributed by atoms with E-state index in [4.69, 9.17) is 26.8 Å². The summed E-state index contributed by atoms with van der Waals surface area (Å²) in [5, 5.41) is 0.771. The quantitative estimate of drug-likeness (QED) is 0.903. The second-order valence-electron chi connectivity index (χ2n) is 6.44. The summed E-state index contributed by atoms with van der Waals surface area (Å²) in [6.07, 6.45) is 7.74. The van der Waals surface area contributed by atoms with Gasteiger partial charge in [-0.25, -0.2) is 0 Å². The molecule has 1 spiro atoms. The zero-order valence-corrected chi connectivity index (χ0v) is 12.3.